The number of nitrogens with zero attached hydrogens (tertiary/aromatic N) is 2. The van der Waals surface area contributed by atoms with Crippen LogP contribution in [0.2, 0.25) is 0 Å². The first-order valence-corrected chi connectivity index (χ1v) is 10.6. The lowest BCUT2D eigenvalue weighted by Gasteiger charge is -2.32. The van der Waals surface area contributed by atoms with E-state index in [4.69, 9.17) is 18.0 Å². The Morgan fingerprint density at radius 1 is 1.31 bits per heavy atom. The van der Waals surface area contributed by atoms with E-state index in [9.17, 15) is 9.59 Å². The third-order valence-electron chi connectivity index (χ3n) is 5.49. The number of hydrogen-bond donors (Lipinski definition) is 3. The number of para-hydroxylation sites is 1. The maximum atomic E-state index is 12.8. The fourth-order valence-electron chi connectivity index (χ4n) is 3.85. The van der Waals surface area contributed by atoms with E-state index in [0.717, 1.165) is 49.8 Å². The van der Waals surface area contributed by atoms with Crippen LogP contribution in [0.5, 0.6) is 0 Å². The summed E-state index contributed by atoms with van der Waals surface area (Å²) in [5.41, 5.74) is 7.59. The number of aromatic nitrogens is 2. The van der Waals surface area contributed by atoms with Crippen LogP contribution in [0.15, 0.2) is 33.9 Å². The van der Waals surface area contributed by atoms with Crippen molar-refractivity contribution in [1.82, 2.24) is 9.55 Å². The van der Waals surface area contributed by atoms with Crippen LogP contribution in [0, 0.1) is 6.92 Å². The Bertz CT molecular complexity index is 991. The first-order valence-electron chi connectivity index (χ1n) is 10.2. The number of nitrogen functional groups attached to an aromatic ring is 1. The zero-order valence-electron chi connectivity index (χ0n) is 17.0. The van der Waals surface area contributed by atoms with Gasteiger partial charge in [-0.3, -0.25) is 14.3 Å². The van der Waals surface area contributed by atoms with Crippen molar-refractivity contribution < 1.29 is 0 Å². The highest BCUT2D eigenvalue weighted by Crippen LogP contribution is 2.30. The number of rotatable bonds is 6. The molecule has 1 aliphatic rings. The lowest BCUT2D eigenvalue weighted by Crippen LogP contribution is -2.47. The molecule has 1 aromatic carbocycles. The minimum Gasteiger partial charge on any atom is -0.383 e. The maximum absolute atomic E-state index is 12.8. The summed E-state index contributed by atoms with van der Waals surface area (Å²) >= 11 is 5.74. The van der Waals surface area contributed by atoms with E-state index in [-0.39, 0.29) is 17.5 Å². The molecule has 0 unspecified atom stereocenters. The fraction of sp³-hybridized carbons (Fsp3) is 0.476. The van der Waals surface area contributed by atoms with Crippen molar-refractivity contribution in [3.05, 3.63) is 50.7 Å². The molecule has 156 valence electrons. The molecule has 1 fully saturated rings. The van der Waals surface area contributed by atoms with Gasteiger partial charge in [0, 0.05) is 18.3 Å². The molecule has 1 heterocycles. The zero-order chi connectivity index (χ0) is 21.0. The summed E-state index contributed by atoms with van der Waals surface area (Å²) < 4.78 is 1.44. The summed E-state index contributed by atoms with van der Waals surface area (Å²) in [4.78, 5) is 29.4. The lowest BCUT2D eigenvalue weighted by atomic mass is 10.2. The lowest BCUT2D eigenvalue weighted by molar-refractivity contribution is 0.601. The molecule has 0 saturated heterocycles. The van der Waals surface area contributed by atoms with Crippen molar-refractivity contribution in [2.45, 2.75) is 65.0 Å². The molecule has 8 heteroatoms. The Kier molecular flexibility index (Phi) is 6.74. The van der Waals surface area contributed by atoms with Crippen LogP contribution in [0.1, 0.15) is 51.0 Å². The maximum Gasteiger partial charge on any atom is 0.330 e. The zero-order valence-corrected chi connectivity index (χ0v) is 17.8. The molecule has 29 heavy (non-hydrogen) atoms. The molecule has 2 aromatic rings. The Morgan fingerprint density at radius 2 is 2.00 bits per heavy atom. The van der Waals surface area contributed by atoms with E-state index < -0.39 is 11.2 Å². The molecule has 0 atom stereocenters. The molecule has 0 spiro atoms. The topological polar surface area (TPSA) is 96.2 Å². The van der Waals surface area contributed by atoms with Crippen LogP contribution in [0.4, 0.5) is 17.2 Å². The predicted octanol–water partition coefficient (Wildman–Crippen LogP) is 3.37. The number of nitrogens with two attached hydrogens (primary N) is 1. The van der Waals surface area contributed by atoms with E-state index in [0.29, 0.717) is 11.7 Å². The minimum absolute atomic E-state index is 0.0690. The van der Waals surface area contributed by atoms with Gasteiger partial charge in [-0.25, -0.2) is 4.79 Å². The van der Waals surface area contributed by atoms with Gasteiger partial charge in [-0.15, -0.1) is 0 Å². The third-order valence-corrected chi connectivity index (χ3v) is 5.78. The fourth-order valence-corrected chi connectivity index (χ4v) is 4.20. The van der Waals surface area contributed by atoms with Crippen LogP contribution in [0.3, 0.4) is 0 Å². The molecule has 0 radical (unpaired) electrons. The molecular weight excluding hydrogens is 386 g/mol. The number of thiocarbonyl (C=S) groups is 1. The van der Waals surface area contributed by atoms with E-state index >= 15 is 0 Å². The Labute approximate surface area is 175 Å². The number of unbranched alkanes of at least 4 members (excludes halogenated alkanes) is 1. The Hall–Kier alpha value is -2.61. The van der Waals surface area contributed by atoms with Crippen molar-refractivity contribution >= 4 is 34.5 Å². The van der Waals surface area contributed by atoms with Crippen molar-refractivity contribution in [2.75, 3.05) is 16.0 Å². The number of H-pyrrole nitrogens is 1. The number of hydrogen-bond acceptors (Lipinski definition) is 4. The normalized spacial score (nSPS) is 14.1. The average molecular weight is 416 g/mol. The summed E-state index contributed by atoms with van der Waals surface area (Å²) in [6, 6.07) is 7.91. The first-order chi connectivity index (χ1) is 13.9. The van der Waals surface area contributed by atoms with Gasteiger partial charge in [0.2, 0.25) is 0 Å². The highest BCUT2D eigenvalue weighted by Gasteiger charge is 2.31. The molecule has 3 rings (SSSR count). The SMILES string of the molecule is CCCCn1c(N)c(N(C(=S)Nc2ccccc2C)C2CCCC2)c(=O)[nH]c1=O. The van der Waals surface area contributed by atoms with Crippen molar-refractivity contribution in [2.24, 2.45) is 0 Å². The first kappa shape index (κ1) is 21.1. The van der Waals surface area contributed by atoms with Crippen molar-refractivity contribution in [3.8, 4) is 0 Å². The quantitative estimate of drug-likeness (QED) is 0.626. The van der Waals surface area contributed by atoms with Crippen LogP contribution >= 0.6 is 12.2 Å². The van der Waals surface area contributed by atoms with Gasteiger partial charge in [-0.2, -0.15) is 0 Å². The molecule has 1 aliphatic carbocycles. The van der Waals surface area contributed by atoms with Crippen LogP contribution in [-0.4, -0.2) is 20.7 Å². The summed E-state index contributed by atoms with van der Waals surface area (Å²) in [6.07, 6.45) is 5.69. The van der Waals surface area contributed by atoms with Crippen LogP contribution < -0.4 is 27.2 Å². The summed E-state index contributed by atoms with van der Waals surface area (Å²) in [7, 11) is 0. The summed E-state index contributed by atoms with van der Waals surface area (Å²) in [5.74, 6) is 0.174. The third kappa shape index (κ3) is 4.53. The van der Waals surface area contributed by atoms with Gasteiger partial charge < -0.3 is 16.0 Å². The van der Waals surface area contributed by atoms with Crippen molar-refractivity contribution in [1.29, 1.82) is 0 Å². The van der Waals surface area contributed by atoms with Gasteiger partial charge in [0.05, 0.1) is 0 Å². The molecule has 4 N–H and O–H groups in total. The van der Waals surface area contributed by atoms with Gasteiger partial charge in [0.1, 0.15) is 5.82 Å². The molecule has 0 aliphatic heterocycles. The molecular formula is C21H29N5O2S. The highest BCUT2D eigenvalue weighted by atomic mass is 32.1. The molecule has 0 bridgehead atoms. The van der Waals surface area contributed by atoms with Gasteiger partial charge in [0.15, 0.2) is 10.8 Å². The average Bonchev–Trinajstić information content (AvgIpc) is 3.20. The van der Waals surface area contributed by atoms with E-state index in [1.165, 1.54) is 4.57 Å². The molecule has 0 amide bonds. The van der Waals surface area contributed by atoms with Crippen LogP contribution in [-0.2, 0) is 6.54 Å². The molecule has 7 nitrogen and oxygen atoms in total. The summed E-state index contributed by atoms with van der Waals surface area (Å²) in [6.45, 7) is 4.50. The van der Waals surface area contributed by atoms with Gasteiger partial charge in [-0.05, 0) is 50.0 Å². The second kappa shape index (κ2) is 9.26. The molecule has 1 saturated carbocycles. The van der Waals surface area contributed by atoms with Gasteiger partial charge >= 0.3 is 5.69 Å². The number of benzene rings is 1. The monoisotopic (exact) mass is 415 g/mol. The molecule has 1 aromatic heterocycles. The van der Waals surface area contributed by atoms with E-state index in [2.05, 4.69) is 10.3 Å². The minimum atomic E-state index is -0.499. The smallest absolute Gasteiger partial charge is 0.330 e. The Balaban J connectivity index is 2.06. The number of aromatic amines is 1. The summed E-state index contributed by atoms with van der Waals surface area (Å²) in [5, 5.41) is 3.70. The number of nitrogens with one attached hydrogen (secondary N) is 2. The van der Waals surface area contributed by atoms with Crippen molar-refractivity contribution in [3.63, 3.8) is 0 Å². The van der Waals surface area contributed by atoms with E-state index in [1.807, 2.05) is 43.0 Å². The number of anilines is 3. The standard InChI is InChI=1S/C21H29N5O2S/c1-3-4-13-25-18(22)17(19(27)24-20(25)28)26(15-10-6-7-11-15)21(29)23-16-12-8-5-9-14(16)2/h5,8-9,12,15H,3-4,6-7,10-11,13,22H2,1-2H3,(H,23,29)(H,24,27,28). The predicted molar refractivity (Wildman–Crippen MR) is 123 cm³/mol. The Morgan fingerprint density at radius 3 is 2.66 bits per heavy atom. The largest absolute Gasteiger partial charge is 0.383 e. The van der Waals surface area contributed by atoms with E-state index in [1.54, 1.807) is 0 Å². The second-order valence-corrected chi connectivity index (χ2v) is 7.94. The highest BCUT2D eigenvalue weighted by molar-refractivity contribution is 7.80. The van der Waals surface area contributed by atoms with Gasteiger partial charge in [-0.1, -0.05) is 44.4 Å². The van der Waals surface area contributed by atoms with Gasteiger partial charge in [0.25, 0.3) is 5.56 Å². The van der Waals surface area contributed by atoms with Crippen LogP contribution in [0.25, 0.3) is 0 Å². The number of aryl methyl sites for hydroxylation is 1. The second-order valence-electron chi connectivity index (χ2n) is 7.55.